The molecule has 1 aliphatic carbocycles. The molecule has 4 rings (SSSR count). The maximum Gasteiger partial charge on any atom is 0.260 e. The van der Waals surface area contributed by atoms with Gasteiger partial charge in [-0.15, -0.1) is 10.2 Å². The van der Waals surface area contributed by atoms with E-state index < -0.39 is 10.0 Å². The molecule has 31 heavy (non-hydrogen) atoms. The number of hydrogen-bond donors (Lipinski definition) is 1. The highest BCUT2D eigenvalue weighted by molar-refractivity contribution is 7.89. The molecule has 0 unspecified atom stereocenters. The Morgan fingerprint density at radius 3 is 1.90 bits per heavy atom. The van der Waals surface area contributed by atoms with Crippen LogP contribution < -0.4 is 4.72 Å². The summed E-state index contributed by atoms with van der Waals surface area (Å²) in [5, 5.41) is 8.50. The Labute approximate surface area is 185 Å². The lowest BCUT2D eigenvalue weighted by Crippen LogP contribution is -2.35. The molecule has 1 saturated carbocycles. The molecular weight excluding hydrogens is 406 g/mol. The summed E-state index contributed by atoms with van der Waals surface area (Å²) in [5.41, 5.74) is 5.57. The highest BCUT2D eigenvalue weighted by Crippen LogP contribution is 2.32. The standard InChI is InChI=1S/C25H29N3O2S/c1-18-9-13-20(14-10-18)23-17-24(26-27-25(23)21-15-11-19(2)12-16-21)31(29,30)28-22-7-5-3-4-6-8-22/h9-17,22,28H,3-8H2,1-2H3. The summed E-state index contributed by atoms with van der Waals surface area (Å²) < 4.78 is 29.1. The largest absolute Gasteiger partial charge is 0.260 e. The van der Waals surface area contributed by atoms with Crippen LogP contribution in [0.25, 0.3) is 22.4 Å². The molecule has 0 saturated heterocycles. The fraction of sp³-hybridized carbons (Fsp3) is 0.360. The highest BCUT2D eigenvalue weighted by Gasteiger charge is 2.24. The first-order chi connectivity index (χ1) is 14.9. The maximum absolute atomic E-state index is 13.1. The Hall–Kier alpha value is -2.57. The van der Waals surface area contributed by atoms with Gasteiger partial charge in [-0.3, -0.25) is 0 Å². The molecule has 0 amide bonds. The monoisotopic (exact) mass is 435 g/mol. The number of benzene rings is 2. The van der Waals surface area contributed by atoms with Gasteiger partial charge < -0.3 is 0 Å². The number of nitrogens with zero attached hydrogens (tertiary/aromatic N) is 2. The van der Waals surface area contributed by atoms with E-state index in [4.69, 9.17) is 0 Å². The summed E-state index contributed by atoms with van der Waals surface area (Å²) in [6.45, 7) is 4.06. The minimum Gasteiger partial charge on any atom is -0.207 e. The summed E-state index contributed by atoms with van der Waals surface area (Å²) in [6.07, 6.45) is 6.19. The van der Waals surface area contributed by atoms with Crippen LogP contribution >= 0.6 is 0 Å². The van der Waals surface area contributed by atoms with Crippen molar-refractivity contribution in [3.05, 3.63) is 65.7 Å². The third kappa shape index (κ3) is 5.20. The van der Waals surface area contributed by atoms with Crippen molar-refractivity contribution < 1.29 is 8.42 Å². The molecule has 0 spiro atoms. The van der Waals surface area contributed by atoms with Crippen molar-refractivity contribution in [1.29, 1.82) is 0 Å². The molecule has 2 aromatic carbocycles. The van der Waals surface area contributed by atoms with Crippen LogP contribution in [0.2, 0.25) is 0 Å². The van der Waals surface area contributed by atoms with Crippen molar-refractivity contribution in [2.45, 2.75) is 63.4 Å². The molecule has 0 atom stereocenters. The van der Waals surface area contributed by atoms with Gasteiger partial charge in [-0.25, -0.2) is 13.1 Å². The number of sulfonamides is 1. The lowest BCUT2D eigenvalue weighted by molar-refractivity contribution is 0.507. The Balaban J connectivity index is 1.75. The average molecular weight is 436 g/mol. The van der Waals surface area contributed by atoms with E-state index in [1.807, 2.05) is 62.4 Å². The van der Waals surface area contributed by atoms with E-state index in [1.54, 1.807) is 6.07 Å². The van der Waals surface area contributed by atoms with Crippen molar-refractivity contribution in [3.8, 4) is 22.4 Å². The zero-order chi connectivity index (χ0) is 21.8. The second-order valence-electron chi connectivity index (χ2n) is 8.49. The van der Waals surface area contributed by atoms with Crippen LogP contribution in [0.5, 0.6) is 0 Å². The van der Waals surface area contributed by atoms with E-state index in [-0.39, 0.29) is 11.1 Å². The molecule has 1 aromatic heterocycles. The fourth-order valence-corrected chi connectivity index (χ4v) is 5.28. The first-order valence-electron chi connectivity index (χ1n) is 11.0. The summed E-state index contributed by atoms with van der Waals surface area (Å²) >= 11 is 0. The molecule has 1 heterocycles. The number of rotatable bonds is 5. The Morgan fingerprint density at radius 2 is 1.32 bits per heavy atom. The van der Waals surface area contributed by atoms with Gasteiger partial charge in [-0.1, -0.05) is 85.3 Å². The summed E-state index contributed by atoms with van der Waals surface area (Å²) in [6, 6.07) is 17.7. The van der Waals surface area contributed by atoms with Crippen LogP contribution in [0.1, 0.15) is 49.7 Å². The van der Waals surface area contributed by atoms with Gasteiger partial charge in [0.2, 0.25) is 0 Å². The summed E-state index contributed by atoms with van der Waals surface area (Å²) in [4.78, 5) is 0. The molecular formula is C25H29N3O2S. The van der Waals surface area contributed by atoms with Crippen molar-refractivity contribution >= 4 is 10.0 Å². The van der Waals surface area contributed by atoms with Gasteiger partial charge in [0.15, 0.2) is 5.03 Å². The minimum atomic E-state index is -3.74. The fourth-order valence-electron chi connectivity index (χ4n) is 4.06. The van der Waals surface area contributed by atoms with Crippen molar-refractivity contribution in [1.82, 2.24) is 14.9 Å². The lowest BCUT2D eigenvalue weighted by atomic mass is 9.99. The van der Waals surface area contributed by atoms with Crippen molar-refractivity contribution in [2.75, 3.05) is 0 Å². The molecule has 3 aromatic rings. The minimum absolute atomic E-state index is 0.0248. The normalized spacial score (nSPS) is 15.5. The van der Waals surface area contributed by atoms with Gasteiger partial charge in [0, 0.05) is 17.2 Å². The summed E-state index contributed by atoms with van der Waals surface area (Å²) in [7, 11) is -3.74. The second-order valence-corrected chi connectivity index (χ2v) is 10.1. The van der Waals surface area contributed by atoms with Gasteiger partial charge in [-0.2, -0.15) is 0 Å². The SMILES string of the molecule is Cc1ccc(-c2cc(S(=O)(=O)NC3CCCCCC3)nnc2-c2ccc(C)cc2)cc1. The molecule has 6 heteroatoms. The molecule has 0 bridgehead atoms. The van der Waals surface area contributed by atoms with Gasteiger partial charge >= 0.3 is 0 Å². The Morgan fingerprint density at radius 1 is 0.774 bits per heavy atom. The Bertz CT molecular complexity index is 1130. The topological polar surface area (TPSA) is 72.0 Å². The number of aromatic nitrogens is 2. The maximum atomic E-state index is 13.1. The zero-order valence-electron chi connectivity index (χ0n) is 18.1. The third-order valence-corrected chi connectivity index (χ3v) is 7.31. The number of aryl methyl sites for hydroxylation is 2. The van der Waals surface area contributed by atoms with E-state index in [0.29, 0.717) is 5.69 Å². The molecule has 1 aliphatic rings. The average Bonchev–Trinajstić information content (AvgIpc) is 3.03. The third-order valence-electron chi connectivity index (χ3n) is 5.91. The van der Waals surface area contributed by atoms with Gasteiger partial charge in [-0.05, 0) is 38.3 Å². The molecule has 162 valence electrons. The molecule has 5 nitrogen and oxygen atoms in total. The lowest BCUT2D eigenvalue weighted by Gasteiger charge is -2.17. The van der Waals surface area contributed by atoms with E-state index in [0.717, 1.165) is 53.5 Å². The van der Waals surface area contributed by atoms with Gasteiger partial charge in [0.05, 0.1) is 0 Å². The molecule has 0 aliphatic heterocycles. The van der Waals surface area contributed by atoms with Crippen LogP contribution in [-0.4, -0.2) is 24.7 Å². The van der Waals surface area contributed by atoms with Crippen LogP contribution in [0, 0.1) is 13.8 Å². The summed E-state index contributed by atoms with van der Waals surface area (Å²) in [5.74, 6) is 0. The second kappa shape index (κ2) is 9.28. The predicted octanol–water partition coefficient (Wildman–Crippen LogP) is 5.43. The van der Waals surface area contributed by atoms with Gasteiger partial charge in [0.25, 0.3) is 10.0 Å². The van der Waals surface area contributed by atoms with E-state index in [1.165, 1.54) is 12.8 Å². The van der Waals surface area contributed by atoms with E-state index >= 15 is 0 Å². The smallest absolute Gasteiger partial charge is 0.207 e. The van der Waals surface area contributed by atoms with Crippen LogP contribution in [0.4, 0.5) is 0 Å². The predicted molar refractivity (Wildman–Crippen MR) is 124 cm³/mol. The van der Waals surface area contributed by atoms with E-state index in [9.17, 15) is 8.42 Å². The van der Waals surface area contributed by atoms with Crippen LogP contribution in [0.3, 0.4) is 0 Å². The van der Waals surface area contributed by atoms with Gasteiger partial charge in [0.1, 0.15) is 5.69 Å². The van der Waals surface area contributed by atoms with E-state index in [2.05, 4.69) is 14.9 Å². The number of nitrogens with one attached hydrogen (secondary N) is 1. The van der Waals surface area contributed by atoms with Crippen molar-refractivity contribution in [3.63, 3.8) is 0 Å². The number of hydrogen-bond acceptors (Lipinski definition) is 4. The molecule has 1 fully saturated rings. The molecule has 0 radical (unpaired) electrons. The first kappa shape index (κ1) is 21.7. The zero-order valence-corrected chi connectivity index (χ0v) is 19.0. The Kier molecular flexibility index (Phi) is 6.49. The van der Waals surface area contributed by atoms with Crippen LogP contribution in [0.15, 0.2) is 59.6 Å². The first-order valence-corrected chi connectivity index (χ1v) is 12.4. The van der Waals surface area contributed by atoms with Crippen molar-refractivity contribution in [2.24, 2.45) is 0 Å². The molecule has 1 N–H and O–H groups in total. The van der Waals surface area contributed by atoms with Crippen LogP contribution in [-0.2, 0) is 10.0 Å². The quantitative estimate of drug-likeness (QED) is 0.543. The highest BCUT2D eigenvalue weighted by atomic mass is 32.2.